The molecule has 0 bridgehead atoms. The molecule has 3 aromatic rings. The van der Waals surface area contributed by atoms with Gasteiger partial charge in [0.1, 0.15) is 17.0 Å². The number of rotatable bonds is 5. The quantitative estimate of drug-likeness (QED) is 0.484. The number of aromatic nitrogens is 2. The minimum absolute atomic E-state index is 0.0338. The van der Waals surface area contributed by atoms with E-state index >= 15 is 0 Å². The Labute approximate surface area is 211 Å². The molecule has 7 heteroatoms. The molecule has 2 aromatic carbocycles. The maximum atomic E-state index is 12.6. The maximum Gasteiger partial charge on any atom is 0.338 e. The second-order valence-electron chi connectivity index (χ2n) is 10.9. The Balaban J connectivity index is 1.28. The van der Waals surface area contributed by atoms with Crippen LogP contribution in [0, 0.1) is 5.41 Å². The van der Waals surface area contributed by atoms with Crippen LogP contribution in [0.1, 0.15) is 72.4 Å². The van der Waals surface area contributed by atoms with Gasteiger partial charge < -0.3 is 14.4 Å². The lowest BCUT2D eigenvalue weighted by molar-refractivity contribution is 0.00694. The van der Waals surface area contributed by atoms with Gasteiger partial charge in [0.25, 0.3) is 5.91 Å². The zero-order valence-corrected chi connectivity index (χ0v) is 21.3. The van der Waals surface area contributed by atoms with E-state index in [-0.39, 0.29) is 11.9 Å². The summed E-state index contributed by atoms with van der Waals surface area (Å²) in [6.45, 7) is 7.14. The van der Waals surface area contributed by atoms with Gasteiger partial charge in [-0.25, -0.2) is 4.79 Å². The Bertz CT molecular complexity index is 1250. The fraction of sp³-hybridized carbons (Fsp3) is 0.414. The summed E-state index contributed by atoms with van der Waals surface area (Å²) in [7, 11) is 1.64. The highest BCUT2D eigenvalue weighted by molar-refractivity contribution is 5.93. The van der Waals surface area contributed by atoms with Crippen LogP contribution >= 0.6 is 0 Å². The van der Waals surface area contributed by atoms with Crippen molar-refractivity contribution >= 4 is 11.9 Å². The molecule has 1 aromatic heterocycles. The second kappa shape index (κ2) is 9.12. The summed E-state index contributed by atoms with van der Waals surface area (Å²) in [6.07, 6.45) is 4.81. The van der Waals surface area contributed by atoms with Crippen molar-refractivity contribution in [1.29, 1.82) is 0 Å². The van der Waals surface area contributed by atoms with Crippen LogP contribution in [0.3, 0.4) is 0 Å². The van der Waals surface area contributed by atoms with Gasteiger partial charge in [0.05, 0.1) is 12.7 Å². The third-order valence-electron chi connectivity index (χ3n) is 7.43. The minimum Gasteiger partial charge on any atom is -0.496 e. The summed E-state index contributed by atoms with van der Waals surface area (Å²) in [4.78, 5) is 27.2. The van der Waals surface area contributed by atoms with Crippen LogP contribution in [0.15, 0.2) is 54.7 Å². The first kappa shape index (κ1) is 24.1. The number of aromatic amines is 1. The Morgan fingerprint density at radius 2 is 1.78 bits per heavy atom. The highest BCUT2D eigenvalue weighted by atomic mass is 16.6. The fourth-order valence-corrected chi connectivity index (χ4v) is 5.36. The van der Waals surface area contributed by atoms with Crippen LogP contribution < -0.4 is 4.74 Å². The number of amides is 1. The van der Waals surface area contributed by atoms with Gasteiger partial charge in [-0.1, -0.05) is 24.3 Å². The molecule has 1 spiro atoms. The van der Waals surface area contributed by atoms with Crippen LogP contribution in [0.2, 0.25) is 0 Å². The van der Waals surface area contributed by atoms with E-state index in [2.05, 4.69) is 34.5 Å². The zero-order valence-electron chi connectivity index (χ0n) is 21.3. The summed E-state index contributed by atoms with van der Waals surface area (Å²) in [5.41, 5.74) is 3.98. The lowest BCUT2D eigenvalue weighted by Gasteiger charge is -2.32. The van der Waals surface area contributed by atoms with E-state index in [0.717, 1.165) is 43.5 Å². The lowest BCUT2D eigenvalue weighted by atomic mass is 9.88. The van der Waals surface area contributed by atoms with Crippen molar-refractivity contribution in [2.75, 3.05) is 20.2 Å². The molecule has 1 aliphatic heterocycles. The average Bonchev–Trinajstić information content (AvgIpc) is 3.27. The number of ether oxygens (including phenoxy) is 2. The number of carbonyl (C=O) groups is 2. The number of hydrogen-bond donors (Lipinski definition) is 1. The summed E-state index contributed by atoms with van der Waals surface area (Å²) in [5.74, 6) is 0.921. The summed E-state index contributed by atoms with van der Waals surface area (Å²) in [6, 6.07) is 15.7. The first-order chi connectivity index (χ1) is 17.2. The van der Waals surface area contributed by atoms with Gasteiger partial charge >= 0.3 is 5.97 Å². The van der Waals surface area contributed by atoms with Gasteiger partial charge in [-0.2, -0.15) is 5.10 Å². The summed E-state index contributed by atoms with van der Waals surface area (Å²) < 4.78 is 11.1. The van der Waals surface area contributed by atoms with Crippen molar-refractivity contribution < 1.29 is 19.1 Å². The molecule has 2 heterocycles. The molecule has 7 nitrogen and oxygen atoms in total. The van der Waals surface area contributed by atoms with Crippen LogP contribution in [0.25, 0.3) is 11.1 Å². The average molecular weight is 488 g/mol. The predicted molar refractivity (Wildman–Crippen MR) is 137 cm³/mol. The van der Waals surface area contributed by atoms with Crippen molar-refractivity contribution in [3.05, 3.63) is 71.5 Å². The number of benzene rings is 2. The number of nitrogens with zero attached hydrogens (tertiary/aromatic N) is 2. The number of H-pyrrole nitrogens is 1. The monoisotopic (exact) mass is 487 g/mol. The van der Waals surface area contributed by atoms with E-state index in [0.29, 0.717) is 28.3 Å². The molecule has 1 atom stereocenters. The number of piperidine rings is 1. The van der Waals surface area contributed by atoms with E-state index in [1.54, 1.807) is 25.4 Å². The minimum atomic E-state index is -0.554. The topological polar surface area (TPSA) is 84.5 Å². The zero-order chi connectivity index (χ0) is 25.5. The lowest BCUT2D eigenvalue weighted by Crippen LogP contribution is -2.39. The third kappa shape index (κ3) is 4.74. The molecule has 5 rings (SSSR count). The van der Waals surface area contributed by atoms with E-state index in [9.17, 15) is 9.59 Å². The summed E-state index contributed by atoms with van der Waals surface area (Å²) in [5, 5.41) is 6.67. The number of methoxy groups -OCH3 is 1. The van der Waals surface area contributed by atoms with Crippen LogP contribution in [-0.4, -0.2) is 52.8 Å². The van der Waals surface area contributed by atoms with Gasteiger partial charge in [-0.05, 0) is 86.8 Å². The van der Waals surface area contributed by atoms with Gasteiger partial charge in [-0.3, -0.25) is 9.89 Å². The molecular formula is C29H33N3O4. The first-order valence-corrected chi connectivity index (χ1v) is 12.5. The SMILES string of the molecule is COc1ccc(C(=O)OC(C)(C)C)cc1-c1ccc(C2CC23CCN(C(=O)c2ccn[nH]2)CC3)cc1. The predicted octanol–water partition coefficient (Wildman–Crippen LogP) is 5.45. The van der Waals surface area contributed by atoms with Crippen molar-refractivity contribution in [3.63, 3.8) is 0 Å². The molecule has 1 unspecified atom stereocenters. The highest BCUT2D eigenvalue weighted by Crippen LogP contribution is 2.65. The molecule has 2 aliphatic rings. The van der Waals surface area contributed by atoms with E-state index in [1.807, 2.05) is 37.8 Å². The van der Waals surface area contributed by atoms with Crippen LogP contribution in [0.4, 0.5) is 0 Å². The number of likely N-dealkylation sites (tertiary alicyclic amines) is 1. The molecule has 1 saturated heterocycles. The number of hydrogen-bond acceptors (Lipinski definition) is 5. The van der Waals surface area contributed by atoms with Crippen molar-refractivity contribution in [2.24, 2.45) is 5.41 Å². The smallest absolute Gasteiger partial charge is 0.338 e. The number of esters is 1. The molecule has 0 radical (unpaired) electrons. The van der Waals surface area contributed by atoms with Gasteiger partial charge in [0, 0.05) is 24.8 Å². The molecule has 1 amide bonds. The van der Waals surface area contributed by atoms with E-state index < -0.39 is 5.60 Å². The Morgan fingerprint density at radius 3 is 2.39 bits per heavy atom. The fourth-order valence-electron chi connectivity index (χ4n) is 5.36. The van der Waals surface area contributed by atoms with Crippen LogP contribution in [0.5, 0.6) is 5.75 Å². The maximum absolute atomic E-state index is 12.6. The molecule has 2 fully saturated rings. The van der Waals surface area contributed by atoms with Crippen molar-refractivity contribution in [3.8, 4) is 16.9 Å². The molecule has 1 N–H and O–H groups in total. The van der Waals surface area contributed by atoms with E-state index in [1.165, 1.54) is 5.56 Å². The second-order valence-corrected chi connectivity index (χ2v) is 10.9. The molecular weight excluding hydrogens is 454 g/mol. The Kier molecular flexibility index (Phi) is 6.10. The number of nitrogens with one attached hydrogen (secondary N) is 1. The number of carbonyl (C=O) groups excluding carboxylic acids is 2. The van der Waals surface area contributed by atoms with Gasteiger partial charge in [-0.15, -0.1) is 0 Å². The van der Waals surface area contributed by atoms with Gasteiger partial charge in [0.15, 0.2) is 0 Å². The van der Waals surface area contributed by atoms with Gasteiger partial charge in [0.2, 0.25) is 0 Å². The molecule has 1 aliphatic carbocycles. The summed E-state index contributed by atoms with van der Waals surface area (Å²) >= 11 is 0. The molecule has 1 saturated carbocycles. The van der Waals surface area contributed by atoms with E-state index in [4.69, 9.17) is 9.47 Å². The normalized spacial score (nSPS) is 18.7. The third-order valence-corrected chi connectivity index (χ3v) is 7.43. The Hall–Kier alpha value is -3.61. The molecule has 188 valence electrons. The van der Waals surface area contributed by atoms with Crippen LogP contribution in [-0.2, 0) is 4.74 Å². The Morgan fingerprint density at radius 1 is 1.06 bits per heavy atom. The standard InChI is InChI=1S/C29H33N3O4/c1-28(2,3)36-27(34)21-9-10-25(35-4)22(17-21)19-5-7-20(8-6-19)23-18-29(23)12-15-32(16-13-29)26(33)24-11-14-30-31-24/h5-11,14,17,23H,12-13,15-16,18H2,1-4H3,(H,30,31). The van der Waals surface area contributed by atoms with Crippen molar-refractivity contribution in [1.82, 2.24) is 15.1 Å². The largest absolute Gasteiger partial charge is 0.496 e. The molecule has 36 heavy (non-hydrogen) atoms. The highest BCUT2D eigenvalue weighted by Gasteiger charge is 2.55. The van der Waals surface area contributed by atoms with Crippen molar-refractivity contribution in [2.45, 2.75) is 51.6 Å². The first-order valence-electron chi connectivity index (χ1n) is 12.5.